The number of hydrogen-bond donors (Lipinski definition) is 1. The quantitative estimate of drug-likeness (QED) is 0.772. The molecule has 2 aromatic carbocycles. The molecule has 1 saturated heterocycles. The molecule has 26 heavy (non-hydrogen) atoms. The number of rotatable bonds is 3. The predicted molar refractivity (Wildman–Crippen MR) is 106 cm³/mol. The summed E-state index contributed by atoms with van der Waals surface area (Å²) in [6, 6.07) is 15.3. The lowest BCUT2D eigenvalue weighted by molar-refractivity contribution is 0.100. The number of nitrogens with zero attached hydrogens (tertiary/aromatic N) is 3. The van der Waals surface area contributed by atoms with Crippen molar-refractivity contribution in [1.82, 2.24) is 4.98 Å². The van der Waals surface area contributed by atoms with E-state index in [1.165, 1.54) is 5.69 Å². The van der Waals surface area contributed by atoms with Crippen molar-refractivity contribution >= 4 is 39.8 Å². The van der Waals surface area contributed by atoms with Crippen molar-refractivity contribution in [3.8, 4) is 0 Å². The predicted octanol–water partition coefficient (Wildman–Crippen LogP) is 3.31. The SMILES string of the molecule is NC(=O)c1ccc(N2CCN(c3ccnc4ccc(Cl)cc34)CC2)cc1. The summed E-state index contributed by atoms with van der Waals surface area (Å²) >= 11 is 6.18. The molecule has 1 aromatic heterocycles. The van der Waals surface area contributed by atoms with E-state index in [4.69, 9.17) is 17.3 Å². The average Bonchev–Trinajstić information content (AvgIpc) is 2.68. The van der Waals surface area contributed by atoms with Crippen molar-refractivity contribution in [2.24, 2.45) is 5.73 Å². The maximum absolute atomic E-state index is 11.2. The molecular formula is C20H19ClN4O. The largest absolute Gasteiger partial charge is 0.368 e. The molecule has 6 heteroatoms. The van der Waals surface area contributed by atoms with E-state index >= 15 is 0 Å². The number of carbonyl (C=O) groups excluding carboxylic acids is 1. The van der Waals surface area contributed by atoms with Gasteiger partial charge in [0.1, 0.15) is 0 Å². The molecule has 1 aliphatic rings. The lowest BCUT2D eigenvalue weighted by atomic mass is 10.1. The summed E-state index contributed by atoms with van der Waals surface area (Å²) in [4.78, 5) is 20.3. The van der Waals surface area contributed by atoms with E-state index in [0.29, 0.717) is 5.56 Å². The van der Waals surface area contributed by atoms with Gasteiger partial charge in [0.05, 0.1) is 5.52 Å². The van der Waals surface area contributed by atoms with E-state index in [2.05, 4.69) is 20.9 Å². The summed E-state index contributed by atoms with van der Waals surface area (Å²) in [5.74, 6) is -0.399. The molecule has 1 aliphatic heterocycles. The molecule has 0 atom stereocenters. The number of carbonyl (C=O) groups is 1. The van der Waals surface area contributed by atoms with Gasteiger partial charge in [-0.2, -0.15) is 0 Å². The number of primary amides is 1. The van der Waals surface area contributed by atoms with E-state index in [0.717, 1.165) is 47.8 Å². The minimum atomic E-state index is -0.399. The highest BCUT2D eigenvalue weighted by molar-refractivity contribution is 6.31. The van der Waals surface area contributed by atoms with Crippen LogP contribution in [0.3, 0.4) is 0 Å². The fourth-order valence-electron chi connectivity index (χ4n) is 3.42. The van der Waals surface area contributed by atoms with Crippen LogP contribution >= 0.6 is 11.6 Å². The number of hydrogen-bond acceptors (Lipinski definition) is 4. The molecule has 2 N–H and O–H groups in total. The molecule has 0 spiro atoms. The Labute approximate surface area is 157 Å². The maximum Gasteiger partial charge on any atom is 0.248 e. The normalized spacial score (nSPS) is 14.7. The van der Waals surface area contributed by atoms with Gasteiger partial charge in [-0.1, -0.05) is 11.6 Å². The van der Waals surface area contributed by atoms with Gasteiger partial charge in [-0.15, -0.1) is 0 Å². The Morgan fingerprint density at radius 3 is 2.35 bits per heavy atom. The van der Waals surface area contributed by atoms with Crippen molar-refractivity contribution in [3.63, 3.8) is 0 Å². The van der Waals surface area contributed by atoms with Crippen LogP contribution in [0, 0.1) is 0 Å². The smallest absolute Gasteiger partial charge is 0.248 e. The second-order valence-corrected chi connectivity index (χ2v) is 6.81. The first-order valence-electron chi connectivity index (χ1n) is 8.56. The number of benzene rings is 2. The highest BCUT2D eigenvalue weighted by Gasteiger charge is 2.19. The molecule has 1 fully saturated rings. The minimum Gasteiger partial charge on any atom is -0.368 e. The molecule has 0 unspecified atom stereocenters. The van der Waals surface area contributed by atoms with Crippen LogP contribution < -0.4 is 15.5 Å². The fourth-order valence-corrected chi connectivity index (χ4v) is 3.59. The van der Waals surface area contributed by atoms with Crippen LogP contribution in [0.1, 0.15) is 10.4 Å². The molecule has 4 rings (SSSR count). The number of amides is 1. The number of aromatic nitrogens is 1. The summed E-state index contributed by atoms with van der Waals surface area (Å²) in [5.41, 5.74) is 9.07. The van der Waals surface area contributed by atoms with Crippen LogP contribution in [0.25, 0.3) is 10.9 Å². The molecule has 132 valence electrons. The summed E-state index contributed by atoms with van der Waals surface area (Å²) in [7, 11) is 0. The van der Waals surface area contributed by atoms with Crippen LogP contribution in [0.5, 0.6) is 0 Å². The molecule has 3 aromatic rings. The van der Waals surface area contributed by atoms with Crippen LogP contribution in [-0.2, 0) is 0 Å². The Hall–Kier alpha value is -2.79. The fraction of sp³-hybridized carbons (Fsp3) is 0.200. The number of nitrogens with two attached hydrogens (primary N) is 1. The Morgan fingerprint density at radius 1 is 0.962 bits per heavy atom. The van der Waals surface area contributed by atoms with Crippen molar-refractivity contribution in [2.45, 2.75) is 0 Å². The van der Waals surface area contributed by atoms with E-state index in [9.17, 15) is 4.79 Å². The lowest BCUT2D eigenvalue weighted by Crippen LogP contribution is -2.46. The third-order valence-electron chi connectivity index (χ3n) is 4.82. The first-order chi connectivity index (χ1) is 12.6. The number of piperazine rings is 1. The van der Waals surface area contributed by atoms with Gasteiger partial charge in [0.15, 0.2) is 0 Å². The van der Waals surface area contributed by atoms with E-state index in [1.807, 2.05) is 36.5 Å². The number of halogens is 1. The molecule has 0 bridgehead atoms. The van der Waals surface area contributed by atoms with Crippen LogP contribution in [0.2, 0.25) is 5.02 Å². The molecule has 2 heterocycles. The number of pyridine rings is 1. The van der Waals surface area contributed by atoms with Crippen LogP contribution in [0.4, 0.5) is 11.4 Å². The second kappa shape index (κ2) is 6.84. The zero-order valence-electron chi connectivity index (χ0n) is 14.2. The Balaban J connectivity index is 1.52. The monoisotopic (exact) mass is 366 g/mol. The summed E-state index contributed by atoms with van der Waals surface area (Å²) in [6.45, 7) is 3.62. The van der Waals surface area contributed by atoms with Gasteiger partial charge in [0.25, 0.3) is 0 Å². The van der Waals surface area contributed by atoms with Gasteiger partial charge in [0.2, 0.25) is 5.91 Å². The first kappa shape index (κ1) is 16.7. The Kier molecular flexibility index (Phi) is 4.39. The molecule has 5 nitrogen and oxygen atoms in total. The van der Waals surface area contributed by atoms with Gasteiger partial charge >= 0.3 is 0 Å². The van der Waals surface area contributed by atoms with Gasteiger partial charge in [-0.25, -0.2) is 0 Å². The van der Waals surface area contributed by atoms with Crippen LogP contribution in [-0.4, -0.2) is 37.1 Å². The zero-order valence-corrected chi connectivity index (χ0v) is 15.0. The van der Waals surface area contributed by atoms with Crippen molar-refractivity contribution in [1.29, 1.82) is 0 Å². The topological polar surface area (TPSA) is 62.5 Å². The third kappa shape index (κ3) is 3.18. The van der Waals surface area contributed by atoms with Gasteiger partial charge in [0, 0.05) is 59.7 Å². The average molecular weight is 367 g/mol. The van der Waals surface area contributed by atoms with Crippen molar-refractivity contribution in [3.05, 3.63) is 65.3 Å². The Morgan fingerprint density at radius 2 is 1.65 bits per heavy atom. The highest BCUT2D eigenvalue weighted by Crippen LogP contribution is 2.29. The third-order valence-corrected chi connectivity index (χ3v) is 5.05. The molecule has 0 radical (unpaired) electrons. The second-order valence-electron chi connectivity index (χ2n) is 6.38. The molecule has 0 aliphatic carbocycles. The summed E-state index contributed by atoms with van der Waals surface area (Å²) in [6.07, 6.45) is 1.85. The standard InChI is InChI=1S/C20H19ClN4O/c21-15-3-6-18-17(13-15)19(7-8-23-18)25-11-9-24(10-12-25)16-4-1-14(2-5-16)20(22)26/h1-8,13H,9-12H2,(H2,22,26). The van der Waals surface area contributed by atoms with E-state index in [-0.39, 0.29) is 0 Å². The number of anilines is 2. The maximum atomic E-state index is 11.2. The van der Waals surface area contributed by atoms with Crippen molar-refractivity contribution in [2.75, 3.05) is 36.0 Å². The molecular weight excluding hydrogens is 348 g/mol. The van der Waals surface area contributed by atoms with E-state index in [1.54, 1.807) is 12.1 Å². The van der Waals surface area contributed by atoms with Crippen molar-refractivity contribution < 1.29 is 4.79 Å². The molecule has 0 saturated carbocycles. The first-order valence-corrected chi connectivity index (χ1v) is 8.94. The Bertz CT molecular complexity index is 950. The van der Waals surface area contributed by atoms with Gasteiger partial charge in [-0.3, -0.25) is 9.78 Å². The summed E-state index contributed by atoms with van der Waals surface area (Å²) in [5, 5.41) is 1.80. The highest BCUT2D eigenvalue weighted by atomic mass is 35.5. The lowest BCUT2D eigenvalue weighted by Gasteiger charge is -2.37. The number of fused-ring (bicyclic) bond motifs is 1. The van der Waals surface area contributed by atoms with Gasteiger partial charge < -0.3 is 15.5 Å². The van der Waals surface area contributed by atoms with Crippen LogP contribution in [0.15, 0.2) is 54.7 Å². The zero-order chi connectivity index (χ0) is 18.1. The van der Waals surface area contributed by atoms with Gasteiger partial charge in [-0.05, 0) is 48.5 Å². The van der Waals surface area contributed by atoms with E-state index < -0.39 is 5.91 Å². The minimum absolute atomic E-state index is 0.399. The molecule has 1 amide bonds. The summed E-state index contributed by atoms with van der Waals surface area (Å²) < 4.78 is 0.